The van der Waals surface area contributed by atoms with Gasteiger partial charge < -0.3 is 93.8 Å². The summed E-state index contributed by atoms with van der Waals surface area (Å²) in [5, 5.41) is 32.0. The van der Waals surface area contributed by atoms with Crippen LogP contribution < -0.4 is 69.1 Å². The number of amides is 2. The zero-order chi connectivity index (χ0) is 105. The van der Waals surface area contributed by atoms with E-state index in [2.05, 4.69) is 105 Å². The van der Waals surface area contributed by atoms with Gasteiger partial charge in [0.05, 0.1) is 185 Å². The SMILES string of the molecule is CCOC(=O)C1CCN(CCN(c2cc(OC)cc(OC)c2)c2ccc3ncc(-c4cnn(C)c4)nc3c2)CC1.CNC(=O)c1cc(OC)cc(N(CCCN2CCCC2)c2ccc3ncc(-c4cnn(CCO)c4)nc3c2)c1.COc1cc(OC)cc(N(CC(=O)NCCc2ccc[nH]2)c2ccc3ncc(-c4cnn(C)c4)nc3c2)c1.COc1cc(OCCN)cc(N(CC2CC2)c2ccc3ncc(-c4cnn(C)c4)nc3c2)c1. The van der Waals surface area contributed by atoms with Crippen LogP contribution in [0.5, 0.6) is 40.2 Å². The molecule has 778 valence electrons. The molecular weight excluding hydrogens is 1900 g/mol. The van der Waals surface area contributed by atoms with Crippen molar-refractivity contribution >= 4 is 107 Å². The van der Waals surface area contributed by atoms with Crippen LogP contribution >= 0.6 is 0 Å². The number of hydrogen-bond acceptors (Lipinski definition) is 31. The number of nitrogens with two attached hydrogens (primary N) is 1. The Balaban J connectivity index is 0.000000136. The number of aliphatic hydroxyl groups excluding tert-OH is 1. The van der Waals surface area contributed by atoms with E-state index in [1.54, 1.807) is 130 Å². The zero-order valence-electron chi connectivity index (χ0n) is 86.5. The van der Waals surface area contributed by atoms with Gasteiger partial charge in [-0.2, -0.15) is 20.4 Å². The van der Waals surface area contributed by atoms with Gasteiger partial charge in [-0.3, -0.25) is 53.0 Å². The summed E-state index contributed by atoms with van der Waals surface area (Å²) in [5.74, 6) is 5.10. The summed E-state index contributed by atoms with van der Waals surface area (Å²) in [6.07, 6.45) is 32.0. The highest BCUT2D eigenvalue weighted by molar-refractivity contribution is 5.96. The van der Waals surface area contributed by atoms with Crippen LogP contribution in [0.4, 0.5) is 45.5 Å². The summed E-state index contributed by atoms with van der Waals surface area (Å²) in [6.45, 7) is 12.5. The molecule has 8 aromatic carbocycles. The largest absolute Gasteiger partial charge is 0.497 e. The van der Waals surface area contributed by atoms with Crippen molar-refractivity contribution in [2.45, 2.75) is 64.8 Å². The number of hydrogen-bond donors (Lipinski definition) is 5. The number of piperidine rings is 1. The normalized spacial score (nSPS) is 13.0. The molecule has 3 aliphatic rings. The number of fused-ring (bicyclic) bond motifs is 4. The zero-order valence-corrected chi connectivity index (χ0v) is 86.5. The van der Waals surface area contributed by atoms with Gasteiger partial charge in [0.1, 0.15) is 53.4 Å². The average molecular weight is 2030 g/mol. The predicted molar refractivity (Wildman–Crippen MR) is 580 cm³/mol. The number of aromatic amines is 1. The molecule has 11 heterocycles. The molecule has 2 saturated heterocycles. The molecule has 0 radical (unpaired) electrons. The topological polar surface area (TPSA) is 405 Å². The molecular formula is C112H128N26O12. The molecule has 9 aromatic heterocycles. The van der Waals surface area contributed by atoms with E-state index < -0.39 is 0 Å². The molecule has 0 bridgehead atoms. The van der Waals surface area contributed by atoms with E-state index >= 15 is 0 Å². The Hall–Kier alpha value is -16.7. The molecule has 20 rings (SSSR count). The minimum atomic E-state index is -0.164. The van der Waals surface area contributed by atoms with Crippen molar-refractivity contribution in [1.82, 2.24) is 104 Å². The van der Waals surface area contributed by atoms with Crippen molar-refractivity contribution in [3.63, 3.8) is 0 Å². The summed E-state index contributed by atoms with van der Waals surface area (Å²) < 4.78 is 51.2. The van der Waals surface area contributed by atoms with E-state index in [1.807, 2.05) is 185 Å². The lowest BCUT2D eigenvalue weighted by Crippen LogP contribution is -2.40. The lowest BCUT2D eigenvalue weighted by Gasteiger charge is -2.33. The van der Waals surface area contributed by atoms with Crippen LogP contribution in [0.25, 0.3) is 89.2 Å². The smallest absolute Gasteiger partial charge is 0.309 e. The third kappa shape index (κ3) is 27.0. The minimum absolute atomic E-state index is 0.0111. The summed E-state index contributed by atoms with van der Waals surface area (Å²) in [6, 6.07) is 51.1. The van der Waals surface area contributed by atoms with Crippen LogP contribution in [-0.4, -0.2) is 265 Å². The third-order valence-corrected chi connectivity index (χ3v) is 26.4. The first kappa shape index (κ1) is 105. The molecule has 3 fully saturated rings. The van der Waals surface area contributed by atoms with Crippen molar-refractivity contribution in [2.24, 2.45) is 38.7 Å². The highest BCUT2D eigenvalue weighted by Crippen LogP contribution is 2.43. The van der Waals surface area contributed by atoms with Crippen molar-refractivity contribution in [1.29, 1.82) is 0 Å². The van der Waals surface area contributed by atoms with Crippen LogP contribution in [0.15, 0.2) is 238 Å². The van der Waals surface area contributed by atoms with Crippen molar-refractivity contribution in [3.8, 4) is 85.3 Å². The van der Waals surface area contributed by atoms with Gasteiger partial charge in [0, 0.05) is 245 Å². The monoisotopic (exact) mass is 2030 g/mol. The number of aromatic nitrogens is 17. The third-order valence-electron chi connectivity index (χ3n) is 26.4. The molecule has 150 heavy (non-hydrogen) atoms. The lowest BCUT2D eigenvalue weighted by molar-refractivity contribution is -0.149. The van der Waals surface area contributed by atoms with Crippen LogP contribution in [-0.2, 0) is 48.4 Å². The van der Waals surface area contributed by atoms with Gasteiger partial charge >= 0.3 is 5.97 Å². The van der Waals surface area contributed by atoms with Crippen LogP contribution in [0.3, 0.4) is 0 Å². The number of nitrogens with one attached hydrogen (secondary N) is 3. The number of benzene rings is 8. The molecule has 17 aromatic rings. The molecule has 0 unspecified atom stereocenters. The Labute approximate surface area is 870 Å². The molecule has 1 saturated carbocycles. The maximum Gasteiger partial charge on any atom is 0.309 e. The fourth-order valence-corrected chi connectivity index (χ4v) is 18.2. The number of carbonyl (C=O) groups is 3. The highest BCUT2D eigenvalue weighted by atomic mass is 16.5. The second-order valence-electron chi connectivity index (χ2n) is 36.8. The Morgan fingerprint density at radius 3 is 1.32 bits per heavy atom. The van der Waals surface area contributed by atoms with Gasteiger partial charge in [-0.1, -0.05) is 0 Å². The van der Waals surface area contributed by atoms with Crippen molar-refractivity contribution < 1.29 is 57.4 Å². The number of ether oxygens (including phenoxy) is 8. The first-order valence-electron chi connectivity index (χ1n) is 50.4. The maximum absolute atomic E-state index is 13.1. The predicted octanol–water partition coefficient (Wildman–Crippen LogP) is 15.7. The maximum atomic E-state index is 13.1. The number of rotatable bonds is 40. The second-order valence-corrected chi connectivity index (χ2v) is 36.8. The van der Waals surface area contributed by atoms with E-state index in [9.17, 15) is 19.5 Å². The Bertz CT molecular complexity index is 7400. The van der Waals surface area contributed by atoms with Gasteiger partial charge in [-0.05, 0) is 188 Å². The molecule has 2 aliphatic heterocycles. The number of nitrogens with zero attached hydrogens (tertiary/aromatic N) is 22. The van der Waals surface area contributed by atoms with Gasteiger partial charge in [0.2, 0.25) is 5.91 Å². The van der Waals surface area contributed by atoms with Crippen LogP contribution in [0.2, 0.25) is 0 Å². The average Bonchev–Trinajstić information content (AvgIpc) is 1.14. The molecule has 0 atom stereocenters. The first-order valence-corrected chi connectivity index (χ1v) is 50.4. The van der Waals surface area contributed by atoms with E-state index in [0.29, 0.717) is 90.7 Å². The number of likely N-dealkylation sites (tertiary alicyclic amines) is 2. The van der Waals surface area contributed by atoms with E-state index in [0.717, 1.165) is 219 Å². The van der Waals surface area contributed by atoms with E-state index in [4.69, 9.17) is 63.6 Å². The van der Waals surface area contributed by atoms with Gasteiger partial charge in [0.15, 0.2) is 0 Å². The van der Waals surface area contributed by atoms with Gasteiger partial charge in [-0.25, -0.2) is 19.9 Å². The number of anilines is 8. The Kier molecular flexibility index (Phi) is 35.0. The standard InChI is InChI=1S/C30H36N6O4.C29H35N7O3.C28H29N7O3.C25H28N6O2/c1-5-40-30(37)21-8-10-35(11-9-21)12-13-36(24-14-25(38-3)17-26(15-24)39-4)23-6-7-27-28(16-23)33-29(19-31-27)22-18-32-34(2)20-22;1-30-29(38)21-14-24(16-25(15-21)39-2)36(11-5-10-34-8-3-4-9-34)23-6-7-26-27(17-23)33-28(19-31-26)22-18-32-35(20-22)12-13-37;1-34-17-19(15-32-34)27-16-31-25-7-6-21(13-26(25)33-27)35(22-11-23(37-2)14-24(12-22)38-3)18-28(36)30-10-8-20-5-4-9-29-20;1-30-16-18(13-28-30)25-14-27-23-6-5-19(11-24(23)29-25)31(15-17-3-4-17)20-9-21(32-2)12-22(10-20)33-8-7-26/h6-7,14-21H,5,8-13H2,1-4H3;6-7,14-20,37H,3-5,8-13H2,1-2H3,(H,30,38);4-7,9,11-17,29H,8,10,18H2,1-3H3,(H,30,36);5-6,9-14,16-17H,3-4,7-8,15,26H2,1-2H3. The summed E-state index contributed by atoms with van der Waals surface area (Å²) in [4.78, 5) is 92.5. The fourth-order valence-electron chi connectivity index (χ4n) is 18.2. The number of carbonyl (C=O) groups excluding carboxylic acids is 3. The first-order chi connectivity index (χ1) is 73.2. The molecule has 38 nitrogen and oxygen atoms in total. The van der Waals surface area contributed by atoms with E-state index in [1.165, 1.54) is 25.7 Å². The molecule has 0 spiro atoms. The number of esters is 1. The second kappa shape index (κ2) is 50.1. The van der Waals surface area contributed by atoms with Crippen molar-refractivity contribution in [3.05, 3.63) is 250 Å². The summed E-state index contributed by atoms with van der Waals surface area (Å²) in [5.41, 5.74) is 27.6. The Morgan fingerprint density at radius 2 is 0.880 bits per heavy atom. The fraction of sp³-hybridized carbons (Fsp3) is 0.330. The number of H-pyrrole nitrogens is 1. The number of aryl methyl sites for hydroxylation is 3. The number of methoxy groups -OCH3 is 6. The Morgan fingerprint density at radius 1 is 0.453 bits per heavy atom. The quantitative estimate of drug-likeness (QED) is 0.0223. The van der Waals surface area contributed by atoms with Gasteiger partial charge in [0.25, 0.3) is 5.91 Å². The molecule has 38 heteroatoms. The van der Waals surface area contributed by atoms with Crippen LogP contribution in [0.1, 0.15) is 67.9 Å². The molecule has 1 aliphatic carbocycles. The van der Waals surface area contributed by atoms with Gasteiger partial charge in [-0.15, -0.1) is 0 Å². The van der Waals surface area contributed by atoms with Crippen LogP contribution in [0, 0.1) is 11.8 Å². The lowest BCUT2D eigenvalue weighted by atomic mass is 9.97. The van der Waals surface area contributed by atoms with Crippen molar-refractivity contribution in [2.75, 3.05) is 168 Å². The molecule has 2 amide bonds. The van der Waals surface area contributed by atoms with E-state index in [-0.39, 0.29) is 36.9 Å². The minimum Gasteiger partial charge on any atom is -0.497 e. The highest BCUT2D eigenvalue weighted by Gasteiger charge is 2.30. The molecule has 6 N–H and O–H groups in total. The summed E-state index contributed by atoms with van der Waals surface area (Å²) in [7, 11) is 17.1. The number of aliphatic hydroxyl groups is 1. The summed E-state index contributed by atoms with van der Waals surface area (Å²) >= 11 is 0.